The van der Waals surface area contributed by atoms with Gasteiger partial charge in [0.15, 0.2) is 6.23 Å². The van der Waals surface area contributed by atoms with Gasteiger partial charge in [-0.05, 0) is 18.9 Å². The zero-order chi connectivity index (χ0) is 28.5. The molecule has 1 fully saturated rings. The normalized spacial score (nSPS) is 22.2. The van der Waals surface area contributed by atoms with Gasteiger partial charge >= 0.3 is 35.2 Å². The summed E-state index contributed by atoms with van der Waals surface area (Å²) in [6, 6.07) is 1.36. The van der Waals surface area contributed by atoms with Gasteiger partial charge in [-0.3, -0.25) is 4.57 Å². The minimum absolute atomic E-state index is 0. The first-order valence-electron chi connectivity index (χ1n) is 14.5. The summed E-state index contributed by atoms with van der Waals surface area (Å²) in [5, 5.41) is 20.5. The van der Waals surface area contributed by atoms with Crippen LogP contribution in [0, 0.1) is 0 Å². The molecule has 226 valence electrons. The predicted octanol–water partition coefficient (Wildman–Crippen LogP) is 0.517. The van der Waals surface area contributed by atoms with Crippen LogP contribution in [0.15, 0.2) is 17.1 Å². The third-order valence-electron chi connectivity index (χ3n) is 7.18. The number of hydrogen-bond acceptors (Lipinski definition) is 10. The Morgan fingerprint density at radius 1 is 0.950 bits per heavy atom. The first kappa shape index (κ1) is 37.7. The van der Waals surface area contributed by atoms with E-state index in [1.54, 1.807) is 7.11 Å². The zero-order valence-corrected chi connectivity index (χ0v) is 27.3. The molecular formula is C27H49N3NaO8P. The van der Waals surface area contributed by atoms with Gasteiger partial charge < -0.3 is 39.4 Å². The van der Waals surface area contributed by atoms with E-state index >= 15 is 0 Å². The summed E-state index contributed by atoms with van der Waals surface area (Å²) < 4.78 is 29.0. The van der Waals surface area contributed by atoms with Crippen LogP contribution in [-0.4, -0.2) is 64.6 Å². The Kier molecular flexibility index (Phi) is 20.1. The van der Waals surface area contributed by atoms with Crippen molar-refractivity contribution in [2.45, 2.75) is 121 Å². The van der Waals surface area contributed by atoms with E-state index in [0.29, 0.717) is 6.42 Å². The van der Waals surface area contributed by atoms with Crippen molar-refractivity contribution in [1.29, 1.82) is 0 Å². The number of anilines is 1. The Hall–Kier alpha value is -0.330. The molecule has 0 aliphatic carbocycles. The van der Waals surface area contributed by atoms with Gasteiger partial charge in [0, 0.05) is 26.1 Å². The van der Waals surface area contributed by atoms with Crippen LogP contribution in [-0.2, 0) is 18.6 Å². The molecule has 40 heavy (non-hydrogen) atoms. The molecule has 2 rings (SSSR count). The zero-order valence-electron chi connectivity index (χ0n) is 24.5. The smallest absolute Gasteiger partial charge is 0.778 e. The van der Waals surface area contributed by atoms with Crippen LogP contribution < -0.4 is 45.9 Å². The molecule has 2 heterocycles. The van der Waals surface area contributed by atoms with E-state index in [9.17, 15) is 24.5 Å². The fourth-order valence-corrected chi connectivity index (χ4v) is 5.93. The minimum atomic E-state index is -4.11. The molecule has 0 amide bonds. The maximum atomic E-state index is 12.3. The molecule has 0 saturated carbocycles. The molecule has 2 unspecified atom stereocenters. The van der Waals surface area contributed by atoms with E-state index in [0.717, 1.165) is 30.4 Å². The second kappa shape index (κ2) is 21.4. The van der Waals surface area contributed by atoms with E-state index in [1.165, 1.54) is 82.9 Å². The van der Waals surface area contributed by atoms with Gasteiger partial charge in [-0.1, -0.05) is 83.5 Å². The molecule has 0 radical (unpaired) electrons. The van der Waals surface area contributed by atoms with Gasteiger partial charge in [0.2, 0.25) is 0 Å². The quantitative estimate of drug-likeness (QED) is 0.0973. The number of aliphatic hydroxyl groups is 2. The van der Waals surface area contributed by atoms with Crippen LogP contribution in [0.2, 0.25) is 0 Å². The van der Waals surface area contributed by atoms with Crippen molar-refractivity contribution in [3.05, 3.63) is 22.7 Å². The van der Waals surface area contributed by atoms with Gasteiger partial charge in [-0.15, -0.1) is 0 Å². The number of methoxy groups -OCH3 is 1. The third-order valence-corrected chi connectivity index (χ3v) is 8.59. The molecule has 1 aliphatic heterocycles. The van der Waals surface area contributed by atoms with Crippen molar-refractivity contribution in [3.8, 4) is 0 Å². The molecule has 1 saturated heterocycles. The van der Waals surface area contributed by atoms with Crippen molar-refractivity contribution < 1.29 is 63.2 Å². The van der Waals surface area contributed by atoms with Crippen LogP contribution in [0.1, 0.15) is 103 Å². The summed E-state index contributed by atoms with van der Waals surface area (Å²) in [7, 11) is -2.36. The molecule has 13 heteroatoms. The molecule has 1 aliphatic rings. The van der Waals surface area contributed by atoms with Crippen LogP contribution >= 0.6 is 7.60 Å². The van der Waals surface area contributed by atoms with Crippen LogP contribution in [0.4, 0.5) is 5.82 Å². The van der Waals surface area contributed by atoms with Gasteiger partial charge in [-0.2, -0.15) is 4.98 Å². The molecule has 0 aromatic carbocycles. The summed E-state index contributed by atoms with van der Waals surface area (Å²) in [4.78, 5) is 27.9. The average Bonchev–Trinajstić information content (AvgIpc) is 3.18. The average molecular weight is 598 g/mol. The number of nitrogens with two attached hydrogens (primary N) is 1. The predicted molar refractivity (Wildman–Crippen MR) is 148 cm³/mol. The molecule has 1 aromatic heterocycles. The van der Waals surface area contributed by atoms with Crippen molar-refractivity contribution >= 4 is 13.4 Å². The largest absolute Gasteiger partial charge is 1.00 e. The number of ether oxygens (including phenoxy) is 2. The minimum Gasteiger partial charge on any atom is -0.778 e. The monoisotopic (exact) mass is 597 g/mol. The van der Waals surface area contributed by atoms with E-state index in [4.69, 9.17) is 19.7 Å². The van der Waals surface area contributed by atoms with Crippen molar-refractivity contribution in [2.24, 2.45) is 0 Å². The summed E-state index contributed by atoms with van der Waals surface area (Å²) in [6.45, 7) is 0.432. The number of aliphatic hydroxyl groups excluding tert-OH is 2. The molecule has 11 nitrogen and oxygen atoms in total. The fourth-order valence-electron chi connectivity index (χ4n) is 4.82. The SMILES string of the molecule is COCCCCCCCCCCCCCCCCCP(=O)([O-])OC[C@H]1O[C@@H](n2ccc(N)nc2=O)[C@@H](O)C1O.[Na+]. The molecule has 1 aromatic rings. The molecule has 4 N–H and O–H groups in total. The maximum absolute atomic E-state index is 12.3. The summed E-state index contributed by atoms with van der Waals surface area (Å²) >= 11 is 0. The van der Waals surface area contributed by atoms with Gasteiger partial charge in [0.1, 0.15) is 31.7 Å². The number of unbranched alkanes of at least 4 members (excludes halogenated alkanes) is 14. The Balaban J connectivity index is 0.00000800. The number of aromatic nitrogens is 2. The number of rotatable bonds is 22. The van der Waals surface area contributed by atoms with Crippen molar-refractivity contribution in [1.82, 2.24) is 9.55 Å². The van der Waals surface area contributed by atoms with Gasteiger partial charge in [-0.25, -0.2) is 4.79 Å². The second-order valence-electron chi connectivity index (χ2n) is 10.5. The molecular weight excluding hydrogens is 548 g/mol. The number of hydrogen-bond donors (Lipinski definition) is 3. The Labute approximate surface area is 261 Å². The number of nitrogen functional groups attached to an aromatic ring is 1. The third kappa shape index (κ3) is 14.7. The molecule has 5 atom stereocenters. The molecule has 0 bridgehead atoms. The maximum Gasteiger partial charge on any atom is 1.00 e. The van der Waals surface area contributed by atoms with Gasteiger partial charge in [0.25, 0.3) is 0 Å². The second-order valence-corrected chi connectivity index (χ2v) is 12.4. The van der Waals surface area contributed by atoms with E-state index in [2.05, 4.69) is 4.98 Å². The Morgan fingerprint density at radius 2 is 1.45 bits per heavy atom. The summed E-state index contributed by atoms with van der Waals surface area (Å²) in [5.74, 6) is 0.0121. The standard InChI is InChI=1S/C27H50N3O8P.Na/c1-36-19-15-13-11-9-7-5-3-2-4-6-8-10-12-14-16-20-39(34,35)37-21-22-24(31)25(32)26(38-22)30-18-17-23(28)29-27(30)33;/h17-18,22,24-26,31-32H,2-16,19-21H2,1H3,(H,34,35)(H2,28,29,33);/q;+1/p-1/t22-,24?,25+,26-;/m1./s1. The Morgan fingerprint density at radius 3 is 1.95 bits per heavy atom. The van der Waals surface area contributed by atoms with E-state index in [-0.39, 0.29) is 41.5 Å². The fraction of sp³-hybridized carbons (Fsp3) is 0.852. The van der Waals surface area contributed by atoms with Gasteiger partial charge in [0.05, 0.1) is 6.61 Å². The number of nitrogens with zero attached hydrogens (tertiary/aromatic N) is 2. The van der Waals surface area contributed by atoms with Crippen LogP contribution in [0.5, 0.6) is 0 Å². The van der Waals surface area contributed by atoms with Crippen LogP contribution in [0.3, 0.4) is 0 Å². The van der Waals surface area contributed by atoms with Crippen molar-refractivity contribution in [3.63, 3.8) is 0 Å². The summed E-state index contributed by atoms with van der Waals surface area (Å²) in [5.41, 5.74) is 4.71. The topological polar surface area (TPSA) is 169 Å². The van der Waals surface area contributed by atoms with E-state index < -0.39 is 44.4 Å². The first-order chi connectivity index (χ1) is 18.7. The molecule has 0 spiro atoms. The first-order valence-corrected chi connectivity index (χ1v) is 16.3. The van der Waals surface area contributed by atoms with Crippen LogP contribution in [0.25, 0.3) is 0 Å². The van der Waals surface area contributed by atoms with E-state index in [1.807, 2.05) is 0 Å². The Bertz CT molecular complexity index is 909. The van der Waals surface area contributed by atoms with Crippen molar-refractivity contribution in [2.75, 3.05) is 32.2 Å². The summed E-state index contributed by atoms with van der Waals surface area (Å²) in [6.07, 6.45) is 13.5.